The highest BCUT2D eigenvalue weighted by Crippen LogP contribution is 1.81. The molecule has 1 rings (SSSR count). The molecule has 0 amide bonds. The Bertz CT molecular complexity index is 447. The van der Waals surface area contributed by atoms with Crippen LogP contribution in [0, 0.1) is 5.82 Å². The fraction of sp³-hybridized carbons (Fsp3) is 0.167. The molecule has 0 aliphatic heterocycles. The van der Waals surface area contributed by atoms with E-state index in [1.54, 1.807) is 4.98 Å². The van der Waals surface area contributed by atoms with Crippen LogP contribution in [0.15, 0.2) is 15.8 Å². The van der Waals surface area contributed by atoms with Crippen molar-refractivity contribution in [3.8, 4) is 0 Å². The minimum absolute atomic E-state index is 0.305. The van der Waals surface area contributed by atoms with E-state index in [-0.39, 0.29) is 0 Å². The van der Waals surface area contributed by atoms with Gasteiger partial charge in [-0.15, -0.1) is 4.73 Å². The summed E-state index contributed by atoms with van der Waals surface area (Å²) in [5.74, 6) is -2.01. The lowest BCUT2D eigenvalue weighted by Crippen LogP contribution is -2.36. The Hall–Kier alpha value is -1.92. The summed E-state index contributed by atoms with van der Waals surface area (Å²) in [5.41, 5.74) is -2.17. The zero-order valence-corrected chi connectivity index (χ0v) is 6.54. The Morgan fingerprint density at radius 1 is 1.62 bits per heavy atom. The zero-order chi connectivity index (χ0) is 10.0. The fourth-order valence-corrected chi connectivity index (χ4v) is 0.638. The van der Waals surface area contributed by atoms with E-state index < -0.39 is 23.0 Å². The summed E-state index contributed by atoms with van der Waals surface area (Å²) < 4.78 is 12.8. The second kappa shape index (κ2) is 3.21. The van der Waals surface area contributed by atoms with Crippen LogP contribution in [0.4, 0.5) is 4.39 Å². The van der Waals surface area contributed by atoms with E-state index in [1.807, 2.05) is 0 Å². The molecule has 0 radical (unpaired) electrons. The number of hydrogen-bond donors (Lipinski definition) is 1. The van der Waals surface area contributed by atoms with E-state index in [1.165, 1.54) is 0 Å². The second-order valence-electron chi connectivity index (χ2n) is 2.14. The molecule has 1 heterocycles. The van der Waals surface area contributed by atoms with E-state index in [2.05, 4.69) is 4.84 Å². The Morgan fingerprint density at radius 2 is 2.23 bits per heavy atom. The lowest BCUT2D eigenvalue weighted by molar-refractivity contribution is -0.142. The minimum Gasteiger partial charge on any atom is -0.332 e. The van der Waals surface area contributed by atoms with Crippen molar-refractivity contribution < 1.29 is 14.0 Å². The number of aromatic amines is 1. The number of aromatic nitrogens is 2. The molecule has 70 valence electrons. The quantitative estimate of drug-likeness (QED) is 0.590. The van der Waals surface area contributed by atoms with E-state index in [0.717, 1.165) is 6.92 Å². The van der Waals surface area contributed by atoms with Gasteiger partial charge in [0.05, 0.1) is 6.20 Å². The summed E-state index contributed by atoms with van der Waals surface area (Å²) in [6.07, 6.45) is 0.489. The third-order valence-corrected chi connectivity index (χ3v) is 1.10. The number of carbonyl (C=O) groups excluding carboxylic acids is 1. The molecule has 0 spiro atoms. The van der Waals surface area contributed by atoms with E-state index in [9.17, 15) is 18.8 Å². The van der Waals surface area contributed by atoms with Gasteiger partial charge in [0.25, 0.3) is 5.56 Å². The van der Waals surface area contributed by atoms with Crippen molar-refractivity contribution in [2.24, 2.45) is 0 Å². The highest BCUT2D eigenvalue weighted by molar-refractivity contribution is 5.66. The molecule has 1 aromatic rings. The lowest BCUT2D eigenvalue weighted by atomic mass is 10.6. The normalized spacial score (nSPS) is 9.69. The van der Waals surface area contributed by atoms with Crippen LogP contribution in [0.25, 0.3) is 0 Å². The summed E-state index contributed by atoms with van der Waals surface area (Å²) in [6.45, 7) is 1.04. The van der Waals surface area contributed by atoms with Crippen molar-refractivity contribution >= 4 is 5.97 Å². The molecule has 13 heavy (non-hydrogen) atoms. The number of nitrogens with zero attached hydrogens (tertiary/aromatic N) is 1. The van der Waals surface area contributed by atoms with Gasteiger partial charge < -0.3 is 4.84 Å². The average Bonchev–Trinajstić information content (AvgIpc) is 1.99. The molecule has 0 aliphatic rings. The van der Waals surface area contributed by atoms with Crippen molar-refractivity contribution in [1.82, 2.24) is 9.71 Å². The lowest BCUT2D eigenvalue weighted by Gasteiger charge is -2.01. The molecule has 0 unspecified atom stereocenters. The standard InChI is InChI=1S/C6H5FN2O4/c1-3(10)13-9-2-4(7)5(11)8-6(9)12/h2H,1H3,(H,8,11,12). The van der Waals surface area contributed by atoms with Gasteiger partial charge in [-0.25, -0.2) is 9.59 Å². The minimum atomic E-state index is -1.21. The first-order chi connectivity index (χ1) is 6.00. The molecule has 0 bridgehead atoms. The maximum atomic E-state index is 12.5. The van der Waals surface area contributed by atoms with Crippen LogP contribution >= 0.6 is 0 Å². The van der Waals surface area contributed by atoms with E-state index >= 15 is 0 Å². The van der Waals surface area contributed by atoms with Crippen molar-refractivity contribution in [1.29, 1.82) is 0 Å². The van der Waals surface area contributed by atoms with Crippen LogP contribution in [0.1, 0.15) is 6.92 Å². The van der Waals surface area contributed by atoms with Gasteiger partial charge in [-0.1, -0.05) is 0 Å². The number of nitrogens with one attached hydrogen (secondary N) is 1. The molecular formula is C6H5FN2O4. The van der Waals surface area contributed by atoms with Crippen molar-refractivity contribution in [2.75, 3.05) is 0 Å². The van der Waals surface area contributed by atoms with Crippen molar-refractivity contribution in [2.45, 2.75) is 6.92 Å². The highest BCUT2D eigenvalue weighted by Gasteiger charge is 2.05. The summed E-state index contributed by atoms with van der Waals surface area (Å²) in [4.78, 5) is 37.5. The Balaban J connectivity index is 3.24. The number of H-pyrrole nitrogens is 1. The monoisotopic (exact) mass is 188 g/mol. The fourth-order valence-electron chi connectivity index (χ4n) is 0.638. The maximum Gasteiger partial charge on any atom is 0.362 e. The predicted octanol–water partition coefficient (Wildman–Crippen LogP) is -1.35. The number of halogens is 1. The summed E-state index contributed by atoms with van der Waals surface area (Å²) >= 11 is 0. The van der Waals surface area contributed by atoms with E-state index in [0.29, 0.717) is 10.9 Å². The summed E-state index contributed by atoms with van der Waals surface area (Å²) in [5, 5.41) is 0. The predicted molar refractivity (Wildman–Crippen MR) is 38.5 cm³/mol. The third-order valence-electron chi connectivity index (χ3n) is 1.10. The molecule has 0 atom stereocenters. The summed E-state index contributed by atoms with van der Waals surface area (Å²) in [7, 11) is 0. The van der Waals surface area contributed by atoms with Crippen LogP contribution in [0.3, 0.4) is 0 Å². The number of hydrogen-bond acceptors (Lipinski definition) is 4. The van der Waals surface area contributed by atoms with Crippen LogP contribution in [-0.4, -0.2) is 15.7 Å². The van der Waals surface area contributed by atoms with Crippen LogP contribution in [0.5, 0.6) is 0 Å². The van der Waals surface area contributed by atoms with Gasteiger partial charge in [-0.3, -0.25) is 9.78 Å². The molecule has 0 saturated heterocycles. The number of rotatable bonds is 1. The van der Waals surface area contributed by atoms with Gasteiger partial charge in [0.15, 0.2) is 0 Å². The Kier molecular flexibility index (Phi) is 2.27. The smallest absolute Gasteiger partial charge is 0.332 e. The molecule has 1 aromatic heterocycles. The van der Waals surface area contributed by atoms with Gasteiger partial charge in [0, 0.05) is 6.92 Å². The molecular weight excluding hydrogens is 183 g/mol. The molecule has 0 fully saturated rings. The largest absolute Gasteiger partial charge is 0.362 e. The van der Waals surface area contributed by atoms with Crippen molar-refractivity contribution in [3.63, 3.8) is 0 Å². The Morgan fingerprint density at radius 3 is 2.77 bits per heavy atom. The van der Waals surface area contributed by atoms with Crippen LogP contribution < -0.4 is 16.1 Å². The molecule has 0 aromatic carbocycles. The molecule has 6 nitrogen and oxygen atoms in total. The molecule has 0 saturated carbocycles. The average molecular weight is 188 g/mol. The second-order valence-corrected chi connectivity index (χ2v) is 2.14. The maximum absolute atomic E-state index is 12.5. The van der Waals surface area contributed by atoms with Crippen LogP contribution in [0.2, 0.25) is 0 Å². The molecule has 7 heteroatoms. The molecule has 1 N–H and O–H groups in total. The first kappa shape index (κ1) is 9.17. The van der Waals surface area contributed by atoms with Crippen LogP contribution in [-0.2, 0) is 4.79 Å². The Labute approximate surface area is 70.5 Å². The van der Waals surface area contributed by atoms with Crippen molar-refractivity contribution in [3.05, 3.63) is 32.9 Å². The van der Waals surface area contributed by atoms with Gasteiger partial charge in [0.2, 0.25) is 5.82 Å². The third kappa shape index (κ3) is 2.01. The first-order valence-electron chi connectivity index (χ1n) is 3.21. The first-order valence-corrected chi connectivity index (χ1v) is 3.21. The van der Waals surface area contributed by atoms with E-state index in [4.69, 9.17) is 0 Å². The van der Waals surface area contributed by atoms with Gasteiger partial charge in [0.1, 0.15) is 0 Å². The topological polar surface area (TPSA) is 81.2 Å². The molecule has 0 aliphatic carbocycles. The van der Waals surface area contributed by atoms with Gasteiger partial charge >= 0.3 is 11.7 Å². The SMILES string of the molecule is CC(=O)On1cc(F)c(=O)[nH]c1=O. The highest BCUT2D eigenvalue weighted by atomic mass is 19.1. The summed E-state index contributed by atoms with van der Waals surface area (Å²) in [6, 6.07) is 0. The zero-order valence-electron chi connectivity index (χ0n) is 6.54. The van der Waals surface area contributed by atoms with Gasteiger partial charge in [-0.05, 0) is 0 Å². The van der Waals surface area contributed by atoms with Gasteiger partial charge in [-0.2, -0.15) is 4.39 Å². The number of carbonyl (C=O) groups is 1.